The fraction of sp³-hybridized carbons (Fsp3) is 0.417. The lowest BCUT2D eigenvalue weighted by atomic mass is 10.2. The van der Waals surface area contributed by atoms with E-state index in [0.717, 1.165) is 18.8 Å². The van der Waals surface area contributed by atoms with Crippen molar-refractivity contribution in [2.45, 2.75) is 6.92 Å². The fourth-order valence-electron chi connectivity index (χ4n) is 1.29. The van der Waals surface area contributed by atoms with Gasteiger partial charge >= 0.3 is 0 Å². The van der Waals surface area contributed by atoms with E-state index in [9.17, 15) is 0 Å². The summed E-state index contributed by atoms with van der Waals surface area (Å²) in [7, 11) is 4.06. The first kappa shape index (κ1) is 13.7. The summed E-state index contributed by atoms with van der Waals surface area (Å²) in [5, 5.41) is 3.72. The fourth-order valence-corrected chi connectivity index (χ4v) is 1.44. The number of hydrogen-bond donors (Lipinski definition) is 3. The predicted octanol–water partition coefficient (Wildman–Crippen LogP) is 1.35. The van der Waals surface area contributed by atoms with Crippen LogP contribution in [0.25, 0.3) is 0 Å². The Morgan fingerprint density at radius 3 is 2.76 bits per heavy atom. The topological polar surface area (TPSA) is 39.3 Å². The van der Waals surface area contributed by atoms with Crippen LogP contribution in [0.4, 0.5) is 5.69 Å². The largest absolute Gasteiger partial charge is 0.360 e. The second kappa shape index (κ2) is 7.09. The van der Waals surface area contributed by atoms with Gasteiger partial charge in [0.25, 0.3) is 0 Å². The number of nitrogens with one attached hydrogen (secondary N) is 3. The lowest BCUT2D eigenvalue weighted by molar-refractivity contribution is 0.412. The molecule has 0 amide bonds. The number of benzene rings is 1. The number of likely N-dealkylation sites (N-methyl/N-ethyl adjacent to an activating group) is 1. The number of anilines is 1. The van der Waals surface area contributed by atoms with Crippen molar-refractivity contribution < 1.29 is 0 Å². The van der Waals surface area contributed by atoms with Crippen molar-refractivity contribution in [2.75, 3.05) is 32.6 Å². The van der Waals surface area contributed by atoms with Gasteiger partial charge in [-0.3, -0.25) is 10.9 Å². The lowest BCUT2D eigenvalue weighted by Gasteiger charge is -2.14. The predicted molar refractivity (Wildman–Crippen MR) is 77.1 cm³/mol. The van der Waals surface area contributed by atoms with Gasteiger partial charge in [-0.1, -0.05) is 12.1 Å². The Hall–Kier alpha value is -1.33. The van der Waals surface area contributed by atoms with Crippen LogP contribution in [-0.2, 0) is 0 Å². The van der Waals surface area contributed by atoms with Gasteiger partial charge in [0.2, 0.25) is 0 Å². The minimum absolute atomic E-state index is 0.605. The minimum atomic E-state index is 0.605. The maximum atomic E-state index is 5.13. The molecule has 0 bridgehead atoms. The van der Waals surface area contributed by atoms with Gasteiger partial charge in [-0.2, -0.15) is 0 Å². The molecule has 94 valence electrons. The first-order chi connectivity index (χ1) is 8.08. The van der Waals surface area contributed by atoms with Crippen molar-refractivity contribution in [1.82, 2.24) is 15.6 Å². The summed E-state index contributed by atoms with van der Waals surface area (Å²) in [6.07, 6.45) is 0. The molecule has 5 heteroatoms. The molecule has 0 fully saturated rings. The summed E-state index contributed by atoms with van der Waals surface area (Å²) in [4.78, 5) is 2.10. The third-order valence-corrected chi connectivity index (χ3v) is 2.43. The normalized spacial score (nSPS) is 10.1. The standard InChI is InChI=1S/C12H20N4S/c1-10-5-4-6-11(9-10)14-15-12(17)13-7-8-16(2)3/h4-6,9,14H,7-8H2,1-3H3,(H2,13,15,17). The zero-order valence-corrected chi connectivity index (χ0v) is 11.4. The molecule has 17 heavy (non-hydrogen) atoms. The number of aryl methyl sites for hydroxylation is 1. The van der Waals surface area contributed by atoms with E-state index in [0.29, 0.717) is 5.11 Å². The van der Waals surface area contributed by atoms with E-state index >= 15 is 0 Å². The monoisotopic (exact) mass is 252 g/mol. The Labute approximate surface area is 108 Å². The van der Waals surface area contributed by atoms with Gasteiger partial charge in [0.1, 0.15) is 0 Å². The van der Waals surface area contributed by atoms with Gasteiger partial charge in [-0.25, -0.2) is 0 Å². The number of hydrogen-bond acceptors (Lipinski definition) is 3. The van der Waals surface area contributed by atoms with Gasteiger partial charge in [0, 0.05) is 13.1 Å². The first-order valence-corrected chi connectivity index (χ1v) is 6.00. The Morgan fingerprint density at radius 2 is 2.12 bits per heavy atom. The maximum Gasteiger partial charge on any atom is 0.185 e. The number of hydrazine groups is 1. The first-order valence-electron chi connectivity index (χ1n) is 5.59. The van der Waals surface area contributed by atoms with E-state index in [2.05, 4.69) is 40.1 Å². The maximum absolute atomic E-state index is 5.13. The summed E-state index contributed by atoms with van der Waals surface area (Å²) < 4.78 is 0. The molecule has 0 unspecified atom stereocenters. The van der Waals surface area contributed by atoms with Crippen LogP contribution in [-0.4, -0.2) is 37.2 Å². The van der Waals surface area contributed by atoms with E-state index in [1.807, 2.05) is 26.2 Å². The molecule has 4 nitrogen and oxygen atoms in total. The zero-order valence-electron chi connectivity index (χ0n) is 10.6. The van der Waals surface area contributed by atoms with Crippen molar-refractivity contribution in [2.24, 2.45) is 0 Å². The molecule has 0 radical (unpaired) electrons. The Bertz CT molecular complexity index is 365. The van der Waals surface area contributed by atoms with Gasteiger partial charge in [0.05, 0.1) is 5.69 Å². The molecular weight excluding hydrogens is 232 g/mol. The van der Waals surface area contributed by atoms with E-state index in [-0.39, 0.29) is 0 Å². The lowest BCUT2D eigenvalue weighted by Crippen LogP contribution is -2.41. The highest BCUT2D eigenvalue weighted by Crippen LogP contribution is 2.07. The summed E-state index contributed by atoms with van der Waals surface area (Å²) in [5.41, 5.74) is 8.22. The zero-order chi connectivity index (χ0) is 12.7. The van der Waals surface area contributed by atoms with Gasteiger partial charge < -0.3 is 10.2 Å². The molecule has 3 N–H and O–H groups in total. The molecule has 0 aliphatic rings. The van der Waals surface area contributed by atoms with Crippen LogP contribution in [0.2, 0.25) is 0 Å². The number of thiocarbonyl (C=S) groups is 1. The molecule has 1 rings (SSSR count). The third kappa shape index (κ3) is 6.09. The number of rotatable bonds is 5. The van der Waals surface area contributed by atoms with Crippen LogP contribution >= 0.6 is 12.2 Å². The second-order valence-electron chi connectivity index (χ2n) is 4.18. The van der Waals surface area contributed by atoms with Crippen molar-refractivity contribution >= 4 is 23.0 Å². The SMILES string of the molecule is Cc1cccc(NNC(=S)NCCN(C)C)c1. The quantitative estimate of drug-likeness (QED) is 0.545. The van der Waals surface area contributed by atoms with Gasteiger partial charge in [-0.15, -0.1) is 0 Å². The summed E-state index contributed by atoms with van der Waals surface area (Å²) >= 11 is 5.13. The average Bonchev–Trinajstić information content (AvgIpc) is 2.26. The van der Waals surface area contributed by atoms with Crippen LogP contribution < -0.4 is 16.2 Å². The van der Waals surface area contributed by atoms with Crippen LogP contribution in [0, 0.1) is 6.92 Å². The molecule has 0 spiro atoms. The van der Waals surface area contributed by atoms with Crippen LogP contribution in [0.1, 0.15) is 5.56 Å². The van der Waals surface area contributed by atoms with Gasteiger partial charge in [0.15, 0.2) is 5.11 Å². The molecule has 1 aromatic carbocycles. The van der Waals surface area contributed by atoms with E-state index < -0.39 is 0 Å². The van der Waals surface area contributed by atoms with Crippen LogP contribution in [0.15, 0.2) is 24.3 Å². The molecule has 0 aliphatic heterocycles. The Kier molecular flexibility index (Phi) is 5.72. The van der Waals surface area contributed by atoms with Crippen molar-refractivity contribution in [3.05, 3.63) is 29.8 Å². The summed E-state index contributed by atoms with van der Waals surface area (Å²) in [5.74, 6) is 0. The molecular formula is C12H20N4S. The van der Waals surface area contributed by atoms with Crippen LogP contribution in [0.5, 0.6) is 0 Å². The van der Waals surface area contributed by atoms with Crippen LogP contribution in [0.3, 0.4) is 0 Å². The molecule has 0 saturated heterocycles. The smallest absolute Gasteiger partial charge is 0.185 e. The molecule has 0 aliphatic carbocycles. The van der Waals surface area contributed by atoms with E-state index in [1.54, 1.807) is 0 Å². The van der Waals surface area contributed by atoms with Crippen molar-refractivity contribution in [3.8, 4) is 0 Å². The summed E-state index contributed by atoms with van der Waals surface area (Å²) in [6.45, 7) is 3.83. The van der Waals surface area contributed by atoms with E-state index in [4.69, 9.17) is 12.2 Å². The van der Waals surface area contributed by atoms with E-state index in [1.165, 1.54) is 5.56 Å². The highest BCUT2D eigenvalue weighted by atomic mass is 32.1. The molecule has 0 heterocycles. The third-order valence-electron chi connectivity index (χ3n) is 2.18. The van der Waals surface area contributed by atoms with Crippen molar-refractivity contribution in [1.29, 1.82) is 0 Å². The summed E-state index contributed by atoms with van der Waals surface area (Å²) in [6, 6.07) is 8.10. The molecule has 0 aromatic heterocycles. The highest BCUT2D eigenvalue weighted by molar-refractivity contribution is 7.80. The minimum Gasteiger partial charge on any atom is -0.360 e. The average molecular weight is 252 g/mol. The highest BCUT2D eigenvalue weighted by Gasteiger charge is 1.96. The second-order valence-corrected chi connectivity index (χ2v) is 4.59. The number of nitrogens with zero attached hydrogens (tertiary/aromatic N) is 1. The molecule has 0 saturated carbocycles. The Morgan fingerprint density at radius 1 is 1.35 bits per heavy atom. The molecule has 0 atom stereocenters. The van der Waals surface area contributed by atoms with Gasteiger partial charge in [-0.05, 0) is 50.9 Å². The van der Waals surface area contributed by atoms with Crippen molar-refractivity contribution in [3.63, 3.8) is 0 Å². The molecule has 1 aromatic rings. The Balaban J connectivity index is 2.24.